The Kier molecular flexibility index (Phi) is 15.8. The second kappa shape index (κ2) is 15.9. The van der Waals surface area contributed by atoms with Crippen LogP contribution in [-0.2, 0) is 14.4 Å². The van der Waals surface area contributed by atoms with Gasteiger partial charge in [0.15, 0.2) is 0 Å². The van der Waals surface area contributed by atoms with E-state index in [4.69, 9.17) is 4.28 Å². The Morgan fingerprint density at radius 3 is 1.38 bits per heavy atom. The molecule has 0 aromatic heterocycles. The summed E-state index contributed by atoms with van der Waals surface area (Å²) in [4.78, 5) is 0. The molecule has 0 atom stereocenters. The van der Waals surface area contributed by atoms with E-state index in [9.17, 15) is 8.42 Å². The Balaban J connectivity index is 3.45. The van der Waals surface area contributed by atoms with Crippen molar-refractivity contribution < 1.29 is 17.3 Å². The molecule has 0 aliphatic carbocycles. The Morgan fingerprint density at radius 2 is 1.00 bits per heavy atom. The molecule has 0 saturated heterocycles. The highest BCUT2D eigenvalue weighted by Crippen LogP contribution is 2.14. The van der Waals surface area contributed by atoms with Crippen LogP contribution in [0.5, 0.6) is 0 Å². The summed E-state index contributed by atoms with van der Waals surface area (Å²) in [7, 11) is 0.271. The molecule has 26 heavy (non-hydrogen) atoms. The van der Waals surface area contributed by atoms with Crippen LogP contribution < -0.4 is 0 Å². The predicted octanol–water partition coefficient (Wildman–Crippen LogP) is 6.22. The van der Waals surface area contributed by atoms with Gasteiger partial charge in [0.05, 0.1) is 19.8 Å². The second-order valence-corrected chi connectivity index (χ2v) is 9.90. The van der Waals surface area contributed by atoms with Gasteiger partial charge in [0.2, 0.25) is 0 Å². The molecule has 0 radical (unpaired) electrons. The van der Waals surface area contributed by atoms with E-state index in [-0.39, 0.29) is 10.4 Å². The molecule has 0 N–H and O–H groups in total. The molecular weight excluding hydrogens is 346 g/mol. The van der Waals surface area contributed by atoms with Crippen molar-refractivity contribution in [2.24, 2.45) is 0 Å². The van der Waals surface area contributed by atoms with Gasteiger partial charge in [0.1, 0.15) is 6.54 Å². The topological polar surface area (TPSA) is 43.4 Å². The van der Waals surface area contributed by atoms with Crippen LogP contribution >= 0.6 is 0 Å². The molecule has 0 unspecified atom stereocenters. The fraction of sp³-hybridized carbons (Fsp3) is 1.00. The maximum Gasteiger partial charge on any atom is 0.314 e. The number of hydrogen-bond acceptors (Lipinski definition) is 3. The van der Waals surface area contributed by atoms with Gasteiger partial charge >= 0.3 is 10.1 Å². The molecule has 0 spiro atoms. The van der Waals surface area contributed by atoms with Crippen molar-refractivity contribution in [2.75, 3.05) is 26.4 Å². The van der Waals surface area contributed by atoms with E-state index in [1.165, 1.54) is 77.0 Å². The highest BCUT2D eigenvalue weighted by molar-refractivity contribution is 7.86. The largest absolute Gasteiger partial charge is 0.314 e. The molecule has 0 saturated carbocycles. The van der Waals surface area contributed by atoms with Crippen LogP contribution in [0.15, 0.2) is 0 Å². The van der Waals surface area contributed by atoms with Gasteiger partial charge in [-0.1, -0.05) is 95.2 Å². The molecule has 0 fully saturated rings. The molecule has 0 amide bonds. The summed E-state index contributed by atoms with van der Waals surface area (Å²) in [5, 5.41) is 0. The van der Waals surface area contributed by atoms with E-state index < -0.39 is 10.1 Å². The lowest BCUT2D eigenvalue weighted by Crippen LogP contribution is -2.42. The van der Waals surface area contributed by atoms with Crippen molar-refractivity contribution in [1.29, 1.82) is 0 Å². The van der Waals surface area contributed by atoms with Crippen LogP contribution in [0.25, 0.3) is 0 Å². The number of quaternary nitrogens is 1. The first-order chi connectivity index (χ1) is 12.3. The highest BCUT2D eigenvalue weighted by Gasteiger charge is 2.25. The molecule has 4 nitrogen and oxygen atoms in total. The second-order valence-electron chi connectivity index (χ2n) is 8.23. The van der Waals surface area contributed by atoms with E-state index in [1.807, 2.05) is 21.0 Å². The van der Waals surface area contributed by atoms with E-state index >= 15 is 0 Å². The minimum atomic E-state index is -3.39. The fourth-order valence-electron chi connectivity index (χ4n) is 3.32. The molecule has 5 heteroatoms. The summed E-state index contributed by atoms with van der Waals surface area (Å²) in [6.45, 7) is 4.88. The molecule has 0 aromatic rings. The average molecular weight is 393 g/mol. The first-order valence-corrected chi connectivity index (χ1v) is 12.7. The Morgan fingerprint density at radius 1 is 0.615 bits per heavy atom. The third kappa shape index (κ3) is 17.3. The highest BCUT2D eigenvalue weighted by atomic mass is 32.2. The standard InChI is InChI=1S/C21H46NO3S/c1-5-7-8-9-10-11-12-13-14-15-16-17-18-19-20-22(3,4)25-26(23,24)21-6-2/h5-21H2,1-4H3/q+1. The Hall–Kier alpha value is -0.130. The third-order valence-electron chi connectivity index (χ3n) is 4.82. The molecule has 0 heterocycles. The lowest BCUT2D eigenvalue weighted by molar-refractivity contribution is -1.05. The molecule has 0 bridgehead atoms. The van der Waals surface area contributed by atoms with Gasteiger partial charge in [0, 0.05) is 0 Å². The Bertz CT molecular complexity index is 407. The first kappa shape index (κ1) is 25.9. The summed E-state index contributed by atoms with van der Waals surface area (Å²) in [6, 6.07) is 0. The van der Waals surface area contributed by atoms with Gasteiger partial charge < -0.3 is 0 Å². The number of hydrogen-bond donors (Lipinski definition) is 0. The van der Waals surface area contributed by atoms with E-state index in [0.717, 1.165) is 19.4 Å². The number of rotatable bonds is 19. The van der Waals surface area contributed by atoms with Crippen LogP contribution in [0.3, 0.4) is 0 Å². The summed E-state index contributed by atoms with van der Waals surface area (Å²) >= 11 is 0. The summed E-state index contributed by atoms with van der Waals surface area (Å²) in [5.41, 5.74) is 0. The maximum atomic E-state index is 11.8. The van der Waals surface area contributed by atoms with Crippen LogP contribution in [0.1, 0.15) is 110 Å². The number of nitrogens with zero attached hydrogens (tertiary/aromatic N) is 1. The van der Waals surface area contributed by atoms with Crippen molar-refractivity contribution in [3.05, 3.63) is 0 Å². The minimum Gasteiger partial charge on any atom is -0.194 e. The SMILES string of the molecule is CCCCCCCCCCCCCCCC[N+](C)(C)OS(=O)(=O)CCC. The van der Waals surface area contributed by atoms with Crippen molar-refractivity contribution in [2.45, 2.75) is 110 Å². The monoisotopic (exact) mass is 392 g/mol. The zero-order chi connectivity index (χ0) is 19.7. The van der Waals surface area contributed by atoms with Gasteiger partial charge in [-0.15, -0.1) is 0 Å². The quantitative estimate of drug-likeness (QED) is 0.149. The lowest BCUT2D eigenvalue weighted by atomic mass is 10.0. The first-order valence-electron chi connectivity index (χ1n) is 11.1. The van der Waals surface area contributed by atoms with Gasteiger partial charge in [0.25, 0.3) is 0 Å². The van der Waals surface area contributed by atoms with Crippen molar-refractivity contribution >= 4 is 10.1 Å². The summed E-state index contributed by atoms with van der Waals surface area (Å²) in [6.07, 6.45) is 19.3. The van der Waals surface area contributed by atoms with Gasteiger partial charge in [-0.3, -0.25) is 0 Å². The summed E-state index contributed by atoms with van der Waals surface area (Å²) in [5.74, 6) is 0.105. The molecule has 0 aliphatic heterocycles. The molecule has 0 aromatic carbocycles. The summed E-state index contributed by atoms with van der Waals surface area (Å²) < 4.78 is 28.9. The van der Waals surface area contributed by atoms with Crippen LogP contribution in [-0.4, -0.2) is 39.5 Å². The van der Waals surface area contributed by atoms with Gasteiger partial charge in [-0.2, -0.15) is 13.1 Å². The molecule has 0 rings (SSSR count). The molecular formula is C21H46NO3S+. The Labute approximate surface area is 164 Å². The average Bonchev–Trinajstić information content (AvgIpc) is 2.54. The maximum absolute atomic E-state index is 11.8. The normalized spacial score (nSPS) is 12.6. The van der Waals surface area contributed by atoms with Gasteiger partial charge in [-0.25, -0.2) is 0 Å². The van der Waals surface area contributed by atoms with Gasteiger partial charge in [-0.05, 0) is 19.3 Å². The smallest absolute Gasteiger partial charge is 0.194 e. The third-order valence-corrected chi connectivity index (χ3v) is 6.36. The van der Waals surface area contributed by atoms with E-state index in [2.05, 4.69) is 6.92 Å². The molecule has 0 aliphatic rings. The minimum absolute atomic E-state index is 0.105. The van der Waals surface area contributed by atoms with Crippen molar-refractivity contribution in [3.8, 4) is 0 Å². The predicted molar refractivity (Wildman–Crippen MR) is 112 cm³/mol. The zero-order valence-corrected chi connectivity index (χ0v) is 18.9. The fourth-order valence-corrected chi connectivity index (χ4v) is 4.58. The zero-order valence-electron chi connectivity index (χ0n) is 18.1. The van der Waals surface area contributed by atoms with E-state index in [1.54, 1.807) is 0 Å². The number of unbranched alkanes of at least 4 members (excludes halogenated alkanes) is 13. The molecule has 158 valence electrons. The number of hydroxylamine groups is 3. The van der Waals surface area contributed by atoms with E-state index in [0.29, 0.717) is 6.42 Å². The van der Waals surface area contributed by atoms with Crippen molar-refractivity contribution in [1.82, 2.24) is 0 Å². The van der Waals surface area contributed by atoms with Crippen molar-refractivity contribution in [3.63, 3.8) is 0 Å². The van der Waals surface area contributed by atoms with Crippen LogP contribution in [0, 0.1) is 0 Å². The van der Waals surface area contributed by atoms with Crippen LogP contribution in [0.2, 0.25) is 0 Å². The van der Waals surface area contributed by atoms with Crippen LogP contribution in [0.4, 0.5) is 0 Å². The lowest BCUT2D eigenvalue weighted by Gasteiger charge is -2.25.